The van der Waals surface area contributed by atoms with E-state index in [-0.39, 0.29) is 0 Å². The summed E-state index contributed by atoms with van der Waals surface area (Å²) in [7, 11) is 0. The van der Waals surface area contributed by atoms with Crippen molar-refractivity contribution in [2.24, 2.45) is 28.6 Å². The van der Waals surface area contributed by atoms with Crippen molar-refractivity contribution in [1.29, 1.82) is 0 Å². The zero-order valence-electron chi connectivity index (χ0n) is 14.0. The first-order valence-corrected chi connectivity index (χ1v) is 9.11. The lowest BCUT2D eigenvalue weighted by Gasteiger charge is -2.50. The van der Waals surface area contributed by atoms with Crippen LogP contribution in [0.15, 0.2) is 12.2 Å². The molecule has 3 aliphatic rings. The molecule has 0 amide bonds. The summed E-state index contributed by atoms with van der Waals surface area (Å²) in [5.74, 6) is 2.82. The molecule has 3 aliphatic carbocycles. The summed E-state index contributed by atoms with van der Waals surface area (Å²) in [6, 6.07) is 0. The molecule has 114 valence electrons. The van der Waals surface area contributed by atoms with Crippen molar-refractivity contribution in [1.82, 2.24) is 0 Å². The summed E-state index contributed by atoms with van der Waals surface area (Å²) in [6.07, 6.45) is 14.9. The average Bonchev–Trinajstić information content (AvgIpc) is 2.75. The molecule has 0 bridgehead atoms. The predicted octanol–water partition coefficient (Wildman–Crippen LogP) is 6.37. The van der Waals surface area contributed by atoms with E-state index in [4.69, 9.17) is 0 Å². The number of rotatable bonds is 2. The summed E-state index contributed by atoms with van der Waals surface area (Å²) >= 11 is 0. The van der Waals surface area contributed by atoms with Gasteiger partial charge in [0.15, 0.2) is 0 Å². The Hall–Kier alpha value is -0.260. The van der Waals surface area contributed by atoms with Gasteiger partial charge >= 0.3 is 0 Å². The average molecular weight is 274 g/mol. The first-order chi connectivity index (χ1) is 9.46. The second kappa shape index (κ2) is 5.18. The van der Waals surface area contributed by atoms with Gasteiger partial charge < -0.3 is 0 Å². The quantitative estimate of drug-likeness (QED) is 0.513. The van der Waals surface area contributed by atoms with Crippen LogP contribution >= 0.6 is 0 Å². The molecular formula is C20H34. The fourth-order valence-corrected chi connectivity index (χ4v) is 6.23. The van der Waals surface area contributed by atoms with Gasteiger partial charge in [-0.15, -0.1) is 0 Å². The molecule has 0 N–H and O–H groups in total. The smallest absolute Gasteiger partial charge is 0.0152 e. The van der Waals surface area contributed by atoms with Gasteiger partial charge in [0.05, 0.1) is 0 Å². The zero-order chi connectivity index (χ0) is 14.4. The minimum Gasteiger partial charge on any atom is -0.0998 e. The van der Waals surface area contributed by atoms with Crippen LogP contribution in [0, 0.1) is 28.6 Å². The van der Waals surface area contributed by atoms with Crippen LogP contribution in [0.3, 0.4) is 0 Å². The molecule has 20 heavy (non-hydrogen) atoms. The molecule has 4 atom stereocenters. The molecule has 0 heteroatoms. The molecule has 0 aromatic heterocycles. The number of hydrogen-bond donors (Lipinski definition) is 0. The fourth-order valence-electron chi connectivity index (χ4n) is 6.23. The summed E-state index contributed by atoms with van der Waals surface area (Å²) in [5, 5.41) is 0. The normalized spacial score (nSPS) is 44.0. The van der Waals surface area contributed by atoms with E-state index in [9.17, 15) is 0 Å². The predicted molar refractivity (Wildman–Crippen MR) is 87.7 cm³/mol. The van der Waals surface area contributed by atoms with E-state index in [1.165, 1.54) is 69.8 Å². The van der Waals surface area contributed by atoms with Crippen molar-refractivity contribution in [2.45, 2.75) is 85.0 Å². The Morgan fingerprint density at radius 2 is 1.60 bits per heavy atom. The highest BCUT2D eigenvalue weighted by molar-refractivity contribution is 5.11. The molecule has 0 radical (unpaired) electrons. The summed E-state index contributed by atoms with van der Waals surface area (Å²) < 4.78 is 0. The van der Waals surface area contributed by atoms with Crippen LogP contribution in [0.5, 0.6) is 0 Å². The maximum atomic E-state index is 4.30. The van der Waals surface area contributed by atoms with E-state index in [0.29, 0.717) is 10.8 Å². The van der Waals surface area contributed by atoms with Crippen LogP contribution in [0.25, 0.3) is 0 Å². The van der Waals surface area contributed by atoms with Gasteiger partial charge in [-0.1, -0.05) is 45.3 Å². The molecular weight excluding hydrogens is 240 g/mol. The minimum atomic E-state index is 0.591. The zero-order valence-corrected chi connectivity index (χ0v) is 14.0. The number of hydrogen-bond acceptors (Lipinski definition) is 0. The van der Waals surface area contributed by atoms with E-state index < -0.39 is 0 Å². The standard InChI is InChI=1S/C20H34/c1-15(2)18-9-8-17-14-16(10-13-20(17,18)4)19(3)11-6-5-7-12-19/h16-18H,1,5-14H2,2-4H3. The third-order valence-electron chi connectivity index (χ3n) is 7.71. The molecule has 3 rings (SSSR count). The first kappa shape index (κ1) is 14.7. The van der Waals surface area contributed by atoms with E-state index >= 15 is 0 Å². The minimum absolute atomic E-state index is 0.591. The van der Waals surface area contributed by atoms with Gasteiger partial charge in [0.1, 0.15) is 0 Å². The van der Waals surface area contributed by atoms with Gasteiger partial charge in [-0.25, -0.2) is 0 Å². The Bertz CT molecular complexity index is 373. The molecule has 0 aromatic carbocycles. The second-order valence-corrected chi connectivity index (χ2v) is 8.87. The largest absolute Gasteiger partial charge is 0.0998 e. The molecule has 4 unspecified atom stereocenters. The molecule has 0 aromatic rings. The Labute approximate surface area is 126 Å². The highest BCUT2D eigenvalue weighted by Crippen LogP contribution is 2.61. The van der Waals surface area contributed by atoms with Gasteiger partial charge in [-0.2, -0.15) is 0 Å². The molecule has 3 saturated carbocycles. The van der Waals surface area contributed by atoms with E-state index in [1.807, 2.05) is 0 Å². The lowest BCUT2D eigenvalue weighted by Crippen LogP contribution is -2.41. The van der Waals surface area contributed by atoms with Crippen molar-refractivity contribution >= 4 is 0 Å². The van der Waals surface area contributed by atoms with Gasteiger partial charge in [-0.3, -0.25) is 0 Å². The van der Waals surface area contributed by atoms with Gasteiger partial charge in [0, 0.05) is 0 Å². The SMILES string of the molecule is C=C(C)C1CCC2CC(C3(C)CCCCC3)CCC21C. The molecule has 0 spiro atoms. The number of allylic oxidation sites excluding steroid dienone is 1. The maximum Gasteiger partial charge on any atom is -0.0152 e. The third-order valence-corrected chi connectivity index (χ3v) is 7.71. The molecule has 0 aliphatic heterocycles. The van der Waals surface area contributed by atoms with Crippen molar-refractivity contribution in [3.05, 3.63) is 12.2 Å². The van der Waals surface area contributed by atoms with E-state index in [2.05, 4.69) is 27.4 Å². The first-order valence-electron chi connectivity index (χ1n) is 9.11. The summed E-state index contributed by atoms with van der Waals surface area (Å²) in [5.41, 5.74) is 2.73. The monoisotopic (exact) mass is 274 g/mol. The lowest BCUT2D eigenvalue weighted by molar-refractivity contribution is 0.00722. The Balaban J connectivity index is 1.72. The molecule has 0 saturated heterocycles. The number of fused-ring (bicyclic) bond motifs is 1. The topological polar surface area (TPSA) is 0 Å². The van der Waals surface area contributed by atoms with Gasteiger partial charge in [0.25, 0.3) is 0 Å². The van der Waals surface area contributed by atoms with Crippen LogP contribution < -0.4 is 0 Å². The Kier molecular flexibility index (Phi) is 3.80. The van der Waals surface area contributed by atoms with Crippen molar-refractivity contribution < 1.29 is 0 Å². The lowest BCUT2D eigenvalue weighted by atomic mass is 9.55. The van der Waals surface area contributed by atoms with Crippen LogP contribution in [0.2, 0.25) is 0 Å². The second-order valence-electron chi connectivity index (χ2n) is 8.87. The molecule has 3 fully saturated rings. The highest BCUT2D eigenvalue weighted by atomic mass is 14.6. The summed E-state index contributed by atoms with van der Waals surface area (Å²) in [6.45, 7) is 11.8. The van der Waals surface area contributed by atoms with Crippen molar-refractivity contribution in [2.75, 3.05) is 0 Å². The van der Waals surface area contributed by atoms with Crippen LogP contribution in [-0.4, -0.2) is 0 Å². The van der Waals surface area contributed by atoms with Crippen molar-refractivity contribution in [3.63, 3.8) is 0 Å². The van der Waals surface area contributed by atoms with Gasteiger partial charge in [-0.05, 0) is 80.5 Å². The van der Waals surface area contributed by atoms with Crippen LogP contribution in [0.4, 0.5) is 0 Å². The maximum absolute atomic E-state index is 4.30. The van der Waals surface area contributed by atoms with Crippen molar-refractivity contribution in [3.8, 4) is 0 Å². The Morgan fingerprint density at radius 1 is 0.900 bits per heavy atom. The van der Waals surface area contributed by atoms with Gasteiger partial charge in [0.2, 0.25) is 0 Å². The fraction of sp³-hybridized carbons (Fsp3) is 0.900. The molecule has 0 heterocycles. The highest BCUT2D eigenvalue weighted by Gasteiger charge is 2.51. The molecule has 0 nitrogen and oxygen atoms in total. The van der Waals surface area contributed by atoms with E-state index in [0.717, 1.165) is 17.8 Å². The summed E-state index contributed by atoms with van der Waals surface area (Å²) in [4.78, 5) is 0. The third kappa shape index (κ3) is 2.28. The Morgan fingerprint density at radius 3 is 2.25 bits per heavy atom. The van der Waals surface area contributed by atoms with E-state index in [1.54, 1.807) is 0 Å². The van der Waals surface area contributed by atoms with Crippen LogP contribution in [0.1, 0.15) is 85.0 Å². The van der Waals surface area contributed by atoms with Crippen LogP contribution in [-0.2, 0) is 0 Å².